The number of hydrogen-bond donors (Lipinski definition) is 2. The predicted molar refractivity (Wildman–Crippen MR) is 113 cm³/mol. The van der Waals surface area contributed by atoms with Crippen molar-refractivity contribution < 1.29 is 19.4 Å². The van der Waals surface area contributed by atoms with Crippen molar-refractivity contribution in [2.45, 2.75) is 50.7 Å². The van der Waals surface area contributed by atoms with E-state index in [0.29, 0.717) is 42.0 Å². The van der Waals surface area contributed by atoms with Crippen LogP contribution in [-0.4, -0.2) is 53.6 Å². The van der Waals surface area contributed by atoms with Crippen LogP contribution in [0.15, 0.2) is 28.4 Å². The lowest BCUT2D eigenvalue weighted by Gasteiger charge is -2.30. The molecular weight excluding hydrogens is 384 g/mol. The van der Waals surface area contributed by atoms with Gasteiger partial charge in [0.15, 0.2) is 0 Å². The average Bonchev–Trinajstić information content (AvgIpc) is 3.18. The third kappa shape index (κ3) is 3.94. The highest BCUT2D eigenvalue weighted by Crippen LogP contribution is 2.33. The van der Waals surface area contributed by atoms with Crippen molar-refractivity contribution in [1.82, 2.24) is 5.32 Å². The molecule has 1 saturated carbocycles. The fourth-order valence-corrected chi connectivity index (χ4v) is 3.46. The van der Waals surface area contributed by atoms with E-state index in [9.17, 15) is 14.7 Å². The summed E-state index contributed by atoms with van der Waals surface area (Å²) in [4.78, 5) is 26.9. The van der Waals surface area contributed by atoms with E-state index in [1.807, 2.05) is 6.92 Å². The Morgan fingerprint density at radius 3 is 2.87 bits per heavy atom. The highest BCUT2D eigenvalue weighted by molar-refractivity contribution is 6.43. The van der Waals surface area contributed by atoms with Crippen LogP contribution in [0.25, 0.3) is 0 Å². The molecule has 0 aromatic heterocycles. The Balaban J connectivity index is 1.48. The molecule has 0 radical (unpaired) electrons. The summed E-state index contributed by atoms with van der Waals surface area (Å²) >= 11 is 0. The van der Waals surface area contributed by atoms with Crippen LogP contribution in [-0.2, 0) is 9.59 Å². The largest absolute Gasteiger partial charge is 0.489 e. The third-order valence-electron chi connectivity index (χ3n) is 5.63. The molecule has 2 aliphatic heterocycles. The molecule has 1 aromatic carbocycles. The van der Waals surface area contributed by atoms with Crippen LogP contribution < -0.4 is 15.0 Å². The number of benzene rings is 1. The Morgan fingerprint density at radius 1 is 1.40 bits per heavy atom. The molecule has 2 heterocycles. The molecule has 156 valence electrons. The number of amides is 2. The minimum absolute atomic E-state index is 0.0153. The van der Waals surface area contributed by atoms with Gasteiger partial charge in [-0.25, -0.2) is 0 Å². The summed E-state index contributed by atoms with van der Waals surface area (Å²) in [6.07, 6.45) is 3.47. The normalized spacial score (nSPS) is 21.8. The molecule has 8 nitrogen and oxygen atoms in total. The molecule has 0 spiro atoms. The molecule has 4 rings (SSSR count). The molecule has 1 fully saturated rings. The monoisotopic (exact) mass is 408 g/mol. The number of anilines is 1. The number of likely N-dealkylation sites (N-methyl/N-ethyl adjacent to an activating group) is 1. The van der Waals surface area contributed by atoms with Crippen LogP contribution in [0.3, 0.4) is 0 Å². The van der Waals surface area contributed by atoms with Gasteiger partial charge in [-0.3, -0.25) is 9.59 Å². The second kappa shape index (κ2) is 7.92. The van der Waals surface area contributed by atoms with Gasteiger partial charge in [0.2, 0.25) is 0 Å². The summed E-state index contributed by atoms with van der Waals surface area (Å²) in [5, 5.41) is 20.8. The smallest absolute Gasteiger partial charge is 0.268 e. The SMILES string of the molecule is CCC1=NN=C(C(=O)N[C@H]2COc3ccc(C#CC4(O)CCC4)cc3N(C)C2=O)C1. The van der Waals surface area contributed by atoms with Gasteiger partial charge in [0.25, 0.3) is 11.8 Å². The maximum absolute atomic E-state index is 12.9. The molecule has 2 N–H and O–H groups in total. The first kappa shape index (κ1) is 20.1. The number of aliphatic hydroxyl groups is 1. The van der Waals surface area contributed by atoms with Crippen molar-refractivity contribution in [3.8, 4) is 17.6 Å². The quantitative estimate of drug-likeness (QED) is 0.738. The molecular formula is C22H24N4O4. The zero-order valence-electron chi connectivity index (χ0n) is 17.1. The first-order valence-corrected chi connectivity index (χ1v) is 10.1. The summed E-state index contributed by atoms with van der Waals surface area (Å²) in [5.74, 6) is 5.73. The lowest BCUT2D eigenvalue weighted by Crippen LogP contribution is -2.51. The van der Waals surface area contributed by atoms with Crippen LogP contribution in [0, 0.1) is 11.8 Å². The molecule has 2 amide bonds. The summed E-state index contributed by atoms with van der Waals surface area (Å²) in [6.45, 7) is 1.97. The molecule has 1 atom stereocenters. The molecule has 0 bridgehead atoms. The molecule has 0 unspecified atom stereocenters. The minimum Gasteiger partial charge on any atom is -0.489 e. The summed E-state index contributed by atoms with van der Waals surface area (Å²) in [7, 11) is 1.64. The topological polar surface area (TPSA) is 104 Å². The highest BCUT2D eigenvalue weighted by Gasteiger charge is 2.33. The molecule has 1 aromatic rings. The van der Waals surface area contributed by atoms with Crippen molar-refractivity contribution in [3.63, 3.8) is 0 Å². The maximum Gasteiger partial charge on any atom is 0.268 e. The number of ether oxygens (including phenoxy) is 1. The summed E-state index contributed by atoms with van der Waals surface area (Å²) in [5.41, 5.74) is 1.50. The highest BCUT2D eigenvalue weighted by atomic mass is 16.5. The maximum atomic E-state index is 12.9. The first-order valence-electron chi connectivity index (χ1n) is 10.1. The molecule has 30 heavy (non-hydrogen) atoms. The van der Waals surface area contributed by atoms with E-state index in [2.05, 4.69) is 27.4 Å². The van der Waals surface area contributed by atoms with Crippen molar-refractivity contribution in [3.05, 3.63) is 23.8 Å². The van der Waals surface area contributed by atoms with E-state index in [0.717, 1.165) is 18.6 Å². The molecule has 1 aliphatic carbocycles. The Hall–Kier alpha value is -3.18. The van der Waals surface area contributed by atoms with Crippen LogP contribution in [0.1, 0.15) is 44.6 Å². The molecule has 8 heteroatoms. The lowest BCUT2D eigenvalue weighted by molar-refractivity contribution is -0.124. The number of nitrogens with one attached hydrogen (secondary N) is 1. The lowest BCUT2D eigenvalue weighted by atomic mass is 9.81. The van der Waals surface area contributed by atoms with E-state index in [1.165, 1.54) is 4.90 Å². The third-order valence-corrected chi connectivity index (χ3v) is 5.63. The number of hydrogen-bond acceptors (Lipinski definition) is 6. The fourth-order valence-electron chi connectivity index (χ4n) is 3.46. The summed E-state index contributed by atoms with van der Waals surface area (Å²) < 4.78 is 5.80. The minimum atomic E-state index is -0.898. The number of fused-ring (bicyclic) bond motifs is 1. The Morgan fingerprint density at radius 2 is 2.20 bits per heavy atom. The fraction of sp³-hybridized carbons (Fsp3) is 0.455. The second-order valence-corrected chi connectivity index (χ2v) is 7.80. The van der Waals surface area contributed by atoms with Gasteiger partial charge in [0.1, 0.15) is 29.7 Å². The molecule has 3 aliphatic rings. The number of nitrogens with zero attached hydrogens (tertiary/aromatic N) is 3. The van der Waals surface area contributed by atoms with Crippen molar-refractivity contribution in [2.24, 2.45) is 10.2 Å². The van der Waals surface area contributed by atoms with E-state index in [4.69, 9.17) is 4.74 Å². The zero-order chi connectivity index (χ0) is 21.3. The van der Waals surface area contributed by atoms with E-state index < -0.39 is 17.6 Å². The van der Waals surface area contributed by atoms with Gasteiger partial charge < -0.3 is 20.1 Å². The van der Waals surface area contributed by atoms with Gasteiger partial charge in [0.05, 0.1) is 5.69 Å². The zero-order valence-corrected chi connectivity index (χ0v) is 17.1. The summed E-state index contributed by atoms with van der Waals surface area (Å²) in [6, 6.07) is 4.46. The van der Waals surface area contributed by atoms with Crippen molar-refractivity contribution in [1.29, 1.82) is 0 Å². The first-order chi connectivity index (χ1) is 14.4. The van der Waals surface area contributed by atoms with Gasteiger partial charge in [-0.2, -0.15) is 5.10 Å². The molecule has 0 saturated heterocycles. The van der Waals surface area contributed by atoms with Crippen LogP contribution in [0.2, 0.25) is 0 Å². The van der Waals surface area contributed by atoms with Crippen LogP contribution in [0.5, 0.6) is 5.75 Å². The average molecular weight is 408 g/mol. The van der Waals surface area contributed by atoms with E-state index in [-0.39, 0.29) is 12.5 Å². The van der Waals surface area contributed by atoms with Gasteiger partial charge in [-0.1, -0.05) is 18.8 Å². The van der Waals surface area contributed by atoms with Crippen molar-refractivity contribution in [2.75, 3.05) is 18.6 Å². The second-order valence-electron chi connectivity index (χ2n) is 7.80. The van der Waals surface area contributed by atoms with Gasteiger partial charge in [0, 0.05) is 24.7 Å². The van der Waals surface area contributed by atoms with E-state index >= 15 is 0 Å². The van der Waals surface area contributed by atoms with E-state index in [1.54, 1.807) is 25.2 Å². The Labute approximate surface area is 175 Å². The Kier molecular flexibility index (Phi) is 5.31. The van der Waals surface area contributed by atoms with Crippen LogP contribution in [0.4, 0.5) is 5.69 Å². The predicted octanol–water partition coefficient (Wildman–Crippen LogP) is 1.40. The van der Waals surface area contributed by atoms with Crippen LogP contribution >= 0.6 is 0 Å². The van der Waals surface area contributed by atoms with Crippen molar-refractivity contribution >= 4 is 28.9 Å². The standard InChI is InChI=1S/C22H24N4O4/c1-3-15-12-16(25-24-15)20(27)23-17-13-30-19-6-5-14(7-10-22(29)8-4-9-22)11-18(19)26(2)21(17)28/h5-6,11,17,29H,3-4,8-9,12-13H2,1-2H3,(H,23,27)/t17-/m0/s1. The van der Waals surface area contributed by atoms with Gasteiger partial charge in [-0.05, 0) is 43.9 Å². The van der Waals surface area contributed by atoms with Gasteiger partial charge >= 0.3 is 0 Å². The Bertz CT molecular complexity index is 1010. The number of carbonyl (C=O) groups is 2. The number of carbonyl (C=O) groups excluding carboxylic acids is 2. The van der Waals surface area contributed by atoms with Gasteiger partial charge in [-0.15, -0.1) is 5.10 Å². The number of rotatable bonds is 3.